The van der Waals surface area contributed by atoms with E-state index in [-0.39, 0.29) is 55.1 Å². The summed E-state index contributed by atoms with van der Waals surface area (Å²) < 4.78 is 41.9. The lowest BCUT2D eigenvalue weighted by molar-refractivity contribution is -0.139. The van der Waals surface area contributed by atoms with E-state index in [0.717, 1.165) is 22.8 Å². The van der Waals surface area contributed by atoms with Gasteiger partial charge in [0.15, 0.2) is 5.82 Å². The van der Waals surface area contributed by atoms with Crippen LogP contribution in [0.2, 0.25) is 0 Å². The minimum atomic E-state index is -2.62. The zero-order chi connectivity index (χ0) is 24.9. The first-order valence-electron chi connectivity index (χ1n) is 11.4. The van der Waals surface area contributed by atoms with Gasteiger partial charge in [-0.05, 0) is 18.1 Å². The summed E-state index contributed by atoms with van der Waals surface area (Å²) in [6.07, 6.45) is 0.554. The van der Waals surface area contributed by atoms with Gasteiger partial charge in [0.2, 0.25) is 11.8 Å². The van der Waals surface area contributed by atoms with Crippen LogP contribution in [0.25, 0.3) is 10.9 Å². The molecule has 2 aromatic heterocycles. The summed E-state index contributed by atoms with van der Waals surface area (Å²) in [5.74, 6) is -4.21. The zero-order valence-electron chi connectivity index (χ0n) is 19.1. The second-order valence-corrected chi connectivity index (χ2v) is 9.46. The zero-order valence-corrected chi connectivity index (χ0v) is 19.1. The first kappa shape index (κ1) is 23.1. The van der Waals surface area contributed by atoms with Crippen molar-refractivity contribution in [1.29, 1.82) is 0 Å². The molecule has 1 aromatic carbocycles. The summed E-state index contributed by atoms with van der Waals surface area (Å²) in [5, 5.41) is 5.55. The van der Waals surface area contributed by atoms with E-state index in [4.69, 9.17) is 5.73 Å². The minimum Gasteiger partial charge on any atom is -0.384 e. The summed E-state index contributed by atoms with van der Waals surface area (Å²) >= 11 is 0. The third-order valence-electron chi connectivity index (χ3n) is 6.77. The molecule has 8 nitrogen and oxygen atoms in total. The fraction of sp³-hybridized carbons (Fsp3) is 0.417. The van der Waals surface area contributed by atoms with Crippen molar-refractivity contribution in [1.82, 2.24) is 24.6 Å². The van der Waals surface area contributed by atoms with Gasteiger partial charge < -0.3 is 15.5 Å². The summed E-state index contributed by atoms with van der Waals surface area (Å²) in [7, 11) is 1.62. The fourth-order valence-corrected chi connectivity index (χ4v) is 4.83. The molecule has 1 saturated heterocycles. The molecule has 1 aliphatic carbocycles. The van der Waals surface area contributed by atoms with Crippen molar-refractivity contribution in [2.24, 2.45) is 5.92 Å². The first-order chi connectivity index (χ1) is 16.6. The monoisotopic (exact) mass is 486 g/mol. The molecule has 5 rings (SSSR count). The third kappa shape index (κ3) is 4.42. The maximum Gasteiger partial charge on any atom is 0.257 e. The quantitative estimate of drug-likeness (QED) is 0.578. The molecule has 2 aliphatic rings. The number of aromatic nitrogens is 3. The van der Waals surface area contributed by atoms with Crippen LogP contribution in [0.5, 0.6) is 0 Å². The highest BCUT2D eigenvalue weighted by Crippen LogP contribution is 2.42. The van der Waals surface area contributed by atoms with Gasteiger partial charge in [-0.25, -0.2) is 18.2 Å². The highest BCUT2D eigenvalue weighted by atomic mass is 19.3. The van der Waals surface area contributed by atoms with Gasteiger partial charge in [0, 0.05) is 50.8 Å². The molecule has 2 fully saturated rings. The van der Waals surface area contributed by atoms with Crippen molar-refractivity contribution in [2.75, 3.05) is 32.4 Å². The van der Waals surface area contributed by atoms with Gasteiger partial charge in [-0.15, -0.1) is 0 Å². The van der Waals surface area contributed by atoms with Crippen LogP contribution in [0.1, 0.15) is 34.8 Å². The Bertz CT molecular complexity index is 1300. The maximum absolute atomic E-state index is 14.0. The van der Waals surface area contributed by atoms with E-state index >= 15 is 0 Å². The molecule has 2 N–H and O–H groups in total. The lowest BCUT2D eigenvalue weighted by Crippen LogP contribution is -2.49. The van der Waals surface area contributed by atoms with E-state index in [2.05, 4.69) is 10.1 Å². The Hall–Kier alpha value is -3.63. The highest BCUT2D eigenvalue weighted by Gasteiger charge is 2.45. The van der Waals surface area contributed by atoms with E-state index in [1.54, 1.807) is 11.7 Å². The molecule has 0 bridgehead atoms. The number of halogens is 3. The predicted molar refractivity (Wildman–Crippen MR) is 122 cm³/mol. The number of hydrogen-bond acceptors (Lipinski definition) is 5. The molecular weight excluding hydrogens is 461 g/mol. The molecule has 0 atom stereocenters. The Morgan fingerprint density at radius 2 is 1.94 bits per heavy atom. The van der Waals surface area contributed by atoms with Gasteiger partial charge in [0.1, 0.15) is 12.4 Å². The second-order valence-electron chi connectivity index (χ2n) is 9.46. The Balaban J connectivity index is 1.28. The van der Waals surface area contributed by atoms with Crippen LogP contribution >= 0.6 is 0 Å². The molecule has 1 aliphatic heterocycles. The lowest BCUT2D eigenvalue weighted by atomic mass is 9.81. The van der Waals surface area contributed by atoms with E-state index in [1.807, 2.05) is 24.3 Å². The largest absolute Gasteiger partial charge is 0.384 e. The highest BCUT2D eigenvalue weighted by molar-refractivity contribution is 5.96. The second kappa shape index (κ2) is 8.54. The van der Waals surface area contributed by atoms with Crippen LogP contribution in [0, 0.1) is 11.7 Å². The number of pyridine rings is 1. The van der Waals surface area contributed by atoms with Crippen LogP contribution in [0.3, 0.4) is 0 Å². The maximum atomic E-state index is 14.0. The van der Waals surface area contributed by atoms with E-state index < -0.39 is 17.6 Å². The smallest absolute Gasteiger partial charge is 0.257 e. The van der Waals surface area contributed by atoms with Crippen molar-refractivity contribution in [3.63, 3.8) is 0 Å². The van der Waals surface area contributed by atoms with E-state index in [1.165, 1.54) is 15.9 Å². The number of carbonyl (C=O) groups excluding carboxylic acids is 2. The average Bonchev–Trinajstić information content (AvgIpc) is 3.11. The van der Waals surface area contributed by atoms with Crippen molar-refractivity contribution in [3.8, 4) is 0 Å². The Morgan fingerprint density at radius 1 is 1.23 bits per heavy atom. The molecule has 184 valence electrons. The number of nitrogen functional groups attached to an aromatic ring is 1. The number of nitrogens with two attached hydrogens (primary N) is 1. The summed E-state index contributed by atoms with van der Waals surface area (Å²) in [6.45, 7) is 0.976. The SMILES string of the molecule is CN(CC1CC(F)(F)C1)C(=O)Cn1nc(C2CN(C(=O)c3cc(N)ncc3F)C2)c2ccccc21. The molecule has 0 unspecified atom stereocenters. The van der Waals surface area contributed by atoms with Crippen LogP contribution in [-0.4, -0.2) is 69.0 Å². The molecular formula is C24H25F3N6O2. The van der Waals surface area contributed by atoms with E-state index in [9.17, 15) is 22.8 Å². The number of fused-ring (bicyclic) bond motifs is 1. The topological polar surface area (TPSA) is 97.4 Å². The van der Waals surface area contributed by atoms with E-state index in [0.29, 0.717) is 13.1 Å². The third-order valence-corrected chi connectivity index (χ3v) is 6.77. The Kier molecular flexibility index (Phi) is 5.65. The number of benzene rings is 1. The molecule has 3 heterocycles. The number of rotatable bonds is 6. The van der Waals surface area contributed by atoms with Crippen LogP contribution in [-0.2, 0) is 11.3 Å². The lowest BCUT2D eigenvalue weighted by Gasteiger charge is -2.38. The number of para-hydroxylation sites is 1. The van der Waals surface area contributed by atoms with Crippen LogP contribution in [0.4, 0.5) is 19.0 Å². The Morgan fingerprint density at radius 3 is 2.66 bits per heavy atom. The number of hydrogen-bond donors (Lipinski definition) is 1. The number of likely N-dealkylation sites (N-methyl/N-ethyl adjacent to an activating group) is 1. The summed E-state index contributed by atoms with van der Waals surface area (Å²) in [5.41, 5.74) is 7.01. The fourth-order valence-electron chi connectivity index (χ4n) is 4.83. The van der Waals surface area contributed by atoms with Crippen LogP contribution in [0.15, 0.2) is 36.5 Å². The normalized spacial score (nSPS) is 17.8. The molecule has 2 amide bonds. The van der Waals surface area contributed by atoms with Crippen molar-refractivity contribution in [3.05, 3.63) is 53.6 Å². The average molecular weight is 486 g/mol. The number of alkyl halides is 2. The molecule has 0 radical (unpaired) electrons. The number of likely N-dealkylation sites (tertiary alicyclic amines) is 1. The van der Waals surface area contributed by atoms with Gasteiger partial charge in [-0.3, -0.25) is 14.3 Å². The number of carbonyl (C=O) groups is 2. The van der Waals surface area contributed by atoms with Gasteiger partial charge in [-0.1, -0.05) is 18.2 Å². The molecule has 1 saturated carbocycles. The standard InChI is InChI=1S/C24H25F3N6O2/c1-31(10-14-7-24(26,27)8-14)21(34)13-33-19-5-3-2-4-16(19)22(30-33)15-11-32(12-15)23(35)17-6-20(28)29-9-18(17)25/h2-6,9,14-15H,7-8,10-13H2,1H3,(H2,28,29). The molecule has 35 heavy (non-hydrogen) atoms. The number of amides is 2. The molecule has 0 spiro atoms. The van der Waals surface area contributed by atoms with Crippen molar-refractivity contribution in [2.45, 2.75) is 31.2 Å². The summed E-state index contributed by atoms with van der Waals surface area (Å²) in [6, 6.07) is 8.72. The van der Waals surface area contributed by atoms with Gasteiger partial charge in [0.25, 0.3) is 5.91 Å². The van der Waals surface area contributed by atoms with Gasteiger partial charge >= 0.3 is 0 Å². The predicted octanol–water partition coefficient (Wildman–Crippen LogP) is 2.90. The van der Waals surface area contributed by atoms with Crippen molar-refractivity contribution < 1.29 is 22.8 Å². The summed E-state index contributed by atoms with van der Waals surface area (Å²) in [4.78, 5) is 32.1. The number of anilines is 1. The number of nitrogens with zero attached hydrogens (tertiary/aromatic N) is 5. The first-order valence-corrected chi connectivity index (χ1v) is 11.4. The van der Waals surface area contributed by atoms with Gasteiger partial charge in [-0.2, -0.15) is 5.10 Å². The minimum absolute atomic E-state index is 0.0169. The van der Waals surface area contributed by atoms with Gasteiger partial charge in [0.05, 0.1) is 23.0 Å². The van der Waals surface area contributed by atoms with Crippen molar-refractivity contribution >= 4 is 28.5 Å². The Labute approximate surface area is 199 Å². The van der Waals surface area contributed by atoms with Crippen LogP contribution < -0.4 is 5.73 Å². The molecule has 11 heteroatoms. The molecule has 3 aromatic rings.